The fourth-order valence-electron chi connectivity index (χ4n) is 3.81. The second kappa shape index (κ2) is 4.66. The Labute approximate surface area is 123 Å². The number of carbonyl (C=O) groups is 1. The molecule has 1 heterocycles. The van der Waals surface area contributed by atoms with E-state index in [1.165, 1.54) is 25.7 Å². The van der Waals surface area contributed by atoms with Gasteiger partial charge in [0.05, 0.1) is 5.02 Å². The second-order valence-electron chi connectivity index (χ2n) is 5.98. The lowest BCUT2D eigenvalue weighted by Crippen LogP contribution is -2.16. The quantitative estimate of drug-likeness (QED) is 0.779. The molecule has 0 aromatic heterocycles. The minimum absolute atomic E-state index is 0.192. The number of halogens is 1. The molecule has 1 aromatic carbocycles. The molecule has 0 amide bonds. The molecule has 2 aliphatic carbocycles. The Morgan fingerprint density at radius 3 is 2.30 bits per heavy atom. The topological polar surface area (TPSA) is 35.5 Å². The van der Waals surface area contributed by atoms with Gasteiger partial charge >= 0.3 is 0 Å². The molecule has 2 fully saturated rings. The van der Waals surface area contributed by atoms with Crippen molar-refractivity contribution >= 4 is 17.4 Å². The third kappa shape index (κ3) is 1.91. The molecule has 0 radical (unpaired) electrons. The summed E-state index contributed by atoms with van der Waals surface area (Å²) >= 11 is 6.27. The van der Waals surface area contributed by atoms with E-state index in [1.54, 1.807) is 12.1 Å². The predicted octanol–water partition coefficient (Wildman–Crippen LogP) is 3.73. The molecule has 1 aromatic rings. The molecule has 3 nitrogen and oxygen atoms in total. The Bertz CT molecular complexity index is 557. The molecule has 4 heteroatoms. The SMILES string of the molecule is O=C(c1cc2c(cc1Cl)OCCO2)C1C2CCCCC21. The van der Waals surface area contributed by atoms with Crippen molar-refractivity contribution in [1.82, 2.24) is 0 Å². The minimum Gasteiger partial charge on any atom is -0.486 e. The average Bonchev–Trinajstić information content (AvgIpc) is 3.20. The number of ketones is 1. The first-order valence-corrected chi connectivity index (χ1v) is 7.77. The van der Waals surface area contributed by atoms with Gasteiger partial charge in [-0.25, -0.2) is 0 Å². The van der Waals surface area contributed by atoms with Gasteiger partial charge in [-0.2, -0.15) is 0 Å². The highest BCUT2D eigenvalue weighted by Crippen LogP contribution is 2.57. The van der Waals surface area contributed by atoms with Gasteiger partial charge in [0.2, 0.25) is 0 Å². The second-order valence-corrected chi connectivity index (χ2v) is 6.39. The van der Waals surface area contributed by atoms with Crippen molar-refractivity contribution in [2.75, 3.05) is 13.2 Å². The first kappa shape index (κ1) is 12.5. The number of ether oxygens (including phenoxy) is 2. The van der Waals surface area contributed by atoms with Crippen LogP contribution in [0.5, 0.6) is 11.5 Å². The highest BCUT2D eigenvalue weighted by molar-refractivity contribution is 6.34. The lowest BCUT2D eigenvalue weighted by atomic mass is 10.0. The van der Waals surface area contributed by atoms with E-state index in [2.05, 4.69) is 0 Å². The number of hydrogen-bond donors (Lipinski definition) is 0. The van der Waals surface area contributed by atoms with Crippen molar-refractivity contribution in [3.8, 4) is 11.5 Å². The molecule has 0 N–H and O–H groups in total. The summed E-state index contributed by atoms with van der Waals surface area (Å²) in [5.74, 6) is 2.88. The maximum absolute atomic E-state index is 12.7. The van der Waals surface area contributed by atoms with Crippen molar-refractivity contribution in [3.63, 3.8) is 0 Å². The Kier molecular flexibility index (Phi) is 2.92. The fourth-order valence-corrected chi connectivity index (χ4v) is 4.06. The summed E-state index contributed by atoms with van der Waals surface area (Å²) in [6.45, 7) is 1.06. The predicted molar refractivity (Wildman–Crippen MR) is 75.7 cm³/mol. The standard InChI is InChI=1S/C16H17ClO3/c17-12-8-14-13(19-5-6-20-14)7-11(12)16(18)15-9-3-1-2-4-10(9)15/h7-10,15H,1-6H2. The van der Waals surface area contributed by atoms with Gasteiger partial charge in [0, 0.05) is 17.5 Å². The molecule has 0 bridgehead atoms. The van der Waals surface area contributed by atoms with Crippen molar-refractivity contribution in [1.29, 1.82) is 0 Å². The van der Waals surface area contributed by atoms with E-state index in [0.717, 1.165) is 0 Å². The van der Waals surface area contributed by atoms with Crippen LogP contribution in [0.2, 0.25) is 5.02 Å². The van der Waals surface area contributed by atoms with Crippen LogP contribution < -0.4 is 9.47 Å². The van der Waals surface area contributed by atoms with Gasteiger partial charge in [-0.1, -0.05) is 24.4 Å². The Morgan fingerprint density at radius 1 is 1.05 bits per heavy atom. The first-order valence-electron chi connectivity index (χ1n) is 7.39. The summed E-state index contributed by atoms with van der Waals surface area (Å²) in [5, 5.41) is 0.489. The smallest absolute Gasteiger partial charge is 0.168 e. The van der Waals surface area contributed by atoms with Gasteiger partial charge in [-0.05, 0) is 30.7 Å². The number of rotatable bonds is 2. The monoisotopic (exact) mass is 292 g/mol. The molecule has 20 heavy (non-hydrogen) atoms. The van der Waals surface area contributed by atoms with Crippen molar-refractivity contribution in [3.05, 3.63) is 22.7 Å². The van der Waals surface area contributed by atoms with E-state index in [0.29, 0.717) is 47.1 Å². The molecule has 2 atom stereocenters. The molecular formula is C16H17ClO3. The fraction of sp³-hybridized carbons (Fsp3) is 0.562. The first-order chi connectivity index (χ1) is 9.75. The van der Waals surface area contributed by atoms with Gasteiger partial charge < -0.3 is 9.47 Å². The normalized spacial score (nSPS) is 30.6. The van der Waals surface area contributed by atoms with Gasteiger partial charge in [0.25, 0.3) is 0 Å². The highest BCUT2D eigenvalue weighted by Gasteiger charge is 2.54. The lowest BCUT2D eigenvalue weighted by molar-refractivity contribution is 0.0955. The van der Waals surface area contributed by atoms with Crippen molar-refractivity contribution < 1.29 is 14.3 Å². The summed E-state index contributed by atoms with van der Waals surface area (Å²) < 4.78 is 11.0. The maximum atomic E-state index is 12.7. The van der Waals surface area contributed by atoms with Gasteiger partial charge in [-0.3, -0.25) is 4.79 Å². The molecule has 4 rings (SSSR count). The zero-order valence-electron chi connectivity index (χ0n) is 11.2. The van der Waals surface area contributed by atoms with Crippen LogP contribution in [0.15, 0.2) is 12.1 Å². The summed E-state index contributed by atoms with van der Waals surface area (Å²) in [6.07, 6.45) is 4.92. The minimum atomic E-state index is 0.192. The number of carbonyl (C=O) groups excluding carboxylic acids is 1. The number of Topliss-reactive ketones (excluding diaryl/α,β-unsaturated/α-hetero) is 1. The molecule has 0 saturated heterocycles. The lowest BCUT2D eigenvalue weighted by Gasteiger charge is -2.19. The Hall–Kier alpha value is -1.22. The molecule has 3 aliphatic rings. The van der Waals surface area contributed by atoms with Crippen molar-refractivity contribution in [2.24, 2.45) is 17.8 Å². The largest absolute Gasteiger partial charge is 0.486 e. The maximum Gasteiger partial charge on any atom is 0.168 e. The third-order valence-electron chi connectivity index (χ3n) is 4.86. The average molecular weight is 293 g/mol. The zero-order valence-corrected chi connectivity index (χ0v) is 12.0. The van der Waals surface area contributed by atoms with E-state index >= 15 is 0 Å². The van der Waals surface area contributed by atoms with Crippen LogP contribution in [0.1, 0.15) is 36.0 Å². The van der Waals surface area contributed by atoms with Crippen LogP contribution in [0.4, 0.5) is 0 Å². The van der Waals surface area contributed by atoms with Crippen LogP contribution >= 0.6 is 11.6 Å². The van der Waals surface area contributed by atoms with E-state index in [1.807, 2.05) is 0 Å². The van der Waals surface area contributed by atoms with E-state index in [-0.39, 0.29) is 11.7 Å². The number of hydrogen-bond acceptors (Lipinski definition) is 3. The zero-order chi connectivity index (χ0) is 13.7. The third-order valence-corrected chi connectivity index (χ3v) is 5.17. The van der Waals surface area contributed by atoms with Crippen LogP contribution in [0.3, 0.4) is 0 Å². The Morgan fingerprint density at radius 2 is 1.65 bits per heavy atom. The van der Waals surface area contributed by atoms with Crippen LogP contribution in [0.25, 0.3) is 0 Å². The van der Waals surface area contributed by atoms with E-state index in [9.17, 15) is 4.79 Å². The van der Waals surface area contributed by atoms with Gasteiger partial charge in [-0.15, -0.1) is 0 Å². The summed E-state index contributed by atoms with van der Waals surface area (Å²) in [6, 6.07) is 3.48. The Balaban J connectivity index is 1.63. The van der Waals surface area contributed by atoms with Crippen molar-refractivity contribution in [2.45, 2.75) is 25.7 Å². The molecule has 0 spiro atoms. The van der Waals surface area contributed by atoms with Gasteiger partial charge in [0.1, 0.15) is 13.2 Å². The van der Waals surface area contributed by atoms with Gasteiger partial charge in [0.15, 0.2) is 17.3 Å². The molecule has 2 unspecified atom stereocenters. The van der Waals surface area contributed by atoms with E-state index < -0.39 is 0 Å². The molecule has 1 aliphatic heterocycles. The number of fused-ring (bicyclic) bond motifs is 2. The highest BCUT2D eigenvalue weighted by atomic mass is 35.5. The van der Waals surface area contributed by atoms with Crippen LogP contribution in [-0.2, 0) is 0 Å². The van der Waals surface area contributed by atoms with E-state index in [4.69, 9.17) is 21.1 Å². The van der Waals surface area contributed by atoms with Crippen LogP contribution in [0, 0.1) is 17.8 Å². The molecule has 106 valence electrons. The number of benzene rings is 1. The van der Waals surface area contributed by atoms with Crippen LogP contribution in [-0.4, -0.2) is 19.0 Å². The summed E-state index contributed by atoms with van der Waals surface area (Å²) in [4.78, 5) is 12.7. The molecule has 2 saturated carbocycles. The summed E-state index contributed by atoms with van der Waals surface area (Å²) in [7, 11) is 0. The summed E-state index contributed by atoms with van der Waals surface area (Å²) in [5.41, 5.74) is 0.607. The molecular weight excluding hydrogens is 276 g/mol.